The van der Waals surface area contributed by atoms with E-state index in [9.17, 15) is 21.6 Å². The zero-order valence-electron chi connectivity index (χ0n) is 15.9. The van der Waals surface area contributed by atoms with Crippen LogP contribution in [0.4, 0.5) is 18.9 Å². The topological polar surface area (TPSA) is 70.4 Å². The molecule has 1 heterocycles. The van der Waals surface area contributed by atoms with Crippen molar-refractivity contribution in [3.63, 3.8) is 0 Å². The van der Waals surface area contributed by atoms with Crippen molar-refractivity contribution in [3.05, 3.63) is 77.9 Å². The van der Waals surface area contributed by atoms with Crippen molar-refractivity contribution >= 4 is 15.7 Å². The Balaban J connectivity index is 1.80. The highest BCUT2D eigenvalue weighted by molar-refractivity contribution is 7.92. The van der Waals surface area contributed by atoms with E-state index >= 15 is 0 Å². The number of nitrogens with zero attached hydrogens (tertiary/aromatic N) is 2. The smallest absolute Gasteiger partial charge is 0.416 e. The Labute approximate surface area is 177 Å². The molecule has 0 spiro atoms. The van der Waals surface area contributed by atoms with Gasteiger partial charge in [-0.25, -0.2) is 8.42 Å². The van der Waals surface area contributed by atoms with Crippen molar-refractivity contribution in [1.29, 1.82) is 5.26 Å². The summed E-state index contributed by atoms with van der Waals surface area (Å²) in [7, 11) is -4.27. The summed E-state index contributed by atoms with van der Waals surface area (Å²) in [6.45, 7) is 0.0156. The van der Waals surface area contributed by atoms with Crippen LogP contribution in [0.5, 0.6) is 5.75 Å². The van der Waals surface area contributed by atoms with E-state index < -0.39 is 26.7 Å². The number of ether oxygens (including phenoxy) is 1. The summed E-state index contributed by atoms with van der Waals surface area (Å²) in [6.07, 6.45) is -4.66. The molecular weight excluding hydrogens is 429 g/mol. The van der Waals surface area contributed by atoms with Gasteiger partial charge in [-0.2, -0.15) is 18.4 Å². The van der Waals surface area contributed by atoms with Crippen LogP contribution in [-0.4, -0.2) is 21.6 Å². The van der Waals surface area contributed by atoms with Crippen molar-refractivity contribution in [2.75, 3.05) is 17.5 Å². The Morgan fingerprint density at radius 1 is 0.968 bits per heavy atom. The van der Waals surface area contributed by atoms with Crippen LogP contribution in [0.1, 0.15) is 11.1 Å². The maximum absolute atomic E-state index is 13.2. The molecule has 5 nitrogen and oxygen atoms in total. The summed E-state index contributed by atoms with van der Waals surface area (Å²) in [5.74, 6) is 0.307. The van der Waals surface area contributed by atoms with Gasteiger partial charge in [-0.05, 0) is 53.6 Å². The van der Waals surface area contributed by atoms with Crippen LogP contribution in [-0.2, 0) is 16.2 Å². The van der Waals surface area contributed by atoms with Gasteiger partial charge < -0.3 is 4.74 Å². The van der Waals surface area contributed by atoms with E-state index in [1.165, 1.54) is 0 Å². The predicted octanol–water partition coefficient (Wildman–Crippen LogP) is 4.83. The minimum Gasteiger partial charge on any atom is -0.489 e. The molecule has 0 amide bonds. The highest BCUT2D eigenvalue weighted by Crippen LogP contribution is 2.39. The first-order chi connectivity index (χ1) is 14.7. The van der Waals surface area contributed by atoms with Gasteiger partial charge in [0.15, 0.2) is 0 Å². The molecule has 0 N–H and O–H groups in total. The number of halogens is 3. The molecule has 0 fully saturated rings. The fourth-order valence-electron chi connectivity index (χ4n) is 3.35. The minimum absolute atomic E-state index is 0.0483. The monoisotopic (exact) mass is 444 g/mol. The second-order valence-corrected chi connectivity index (χ2v) is 8.69. The lowest BCUT2D eigenvalue weighted by Gasteiger charge is -2.31. The van der Waals surface area contributed by atoms with Gasteiger partial charge in [-0.3, -0.25) is 4.31 Å². The Morgan fingerprint density at radius 3 is 2.45 bits per heavy atom. The number of anilines is 1. The molecule has 1 aliphatic heterocycles. The maximum atomic E-state index is 13.2. The van der Waals surface area contributed by atoms with Crippen LogP contribution in [0.3, 0.4) is 0 Å². The number of rotatable bonds is 3. The van der Waals surface area contributed by atoms with Crippen molar-refractivity contribution in [2.24, 2.45) is 0 Å². The van der Waals surface area contributed by atoms with Crippen LogP contribution < -0.4 is 9.04 Å². The van der Waals surface area contributed by atoms with E-state index in [4.69, 9.17) is 10.00 Å². The standard InChI is InChI=1S/C22H15F3N2O3S/c23-22(24,25)18-5-2-6-19(13-18)31(28,29)27-9-10-30-21-8-7-17(12-20(21)27)16-4-1-3-15(11-16)14-26/h1-8,11-13H,9-10H2. The molecule has 9 heteroatoms. The second kappa shape index (κ2) is 7.63. The van der Waals surface area contributed by atoms with Gasteiger partial charge in [0.1, 0.15) is 12.4 Å². The normalized spacial score (nSPS) is 13.8. The molecule has 3 aromatic carbocycles. The lowest BCUT2D eigenvalue weighted by Crippen LogP contribution is -2.38. The molecule has 0 saturated carbocycles. The van der Waals surface area contributed by atoms with E-state index in [2.05, 4.69) is 0 Å². The summed E-state index contributed by atoms with van der Waals surface area (Å²) < 4.78 is 72.4. The minimum atomic E-state index is -4.66. The van der Waals surface area contributed by atoms with Gasteiger partial charge >= 0.3 is 6.18 Å². The molecule has 158 valence electrons. The van der Waals surface area contributed by atoms with Gasteiger partial charge in [0, 0.05) is 0 Å². The SMILES string of the molecule is N#Cc1cccc(-c2ccc3c(c2)N(S(=O)(=O)c2cccc(C(F)(F)F)c2)CCO3)c1. The number of hydrogen-bond acceptors (Lipinski definition) is 4. The Morgan fingerprint density at radius 2 is 1.71 bits per heavy atom. The van der Waals surface area contributed by atoms with Crippen LogP contribution >= 0.6 is 0 Å². The van der Waals surface area contributed by atoms with Crippen LogP contribution in [0.15, 0.2) is 71.6 Å². The number of nitriles is 1. The van der Waals surface area contributed by atoms with Crippen LogP contribution in [0.2, 0.25) is 0 Å². The highest BCUT2D eigenvalue weighted by atomic mass is 32.2. The number of fused-ring (bicyclic) bond motifs is 1. The van der Waals surface area contributed by atoms with E-state index in [-0.39, 0.29) is 18.8 Å². The van der Waals surface area contributed by atoms with E-state index in [0.717, 1.165) is 22.5 Å². The predicted molar refractivity (Wildman–Crippen MR) is 108 cm³/mol. The quantitative estimate of drug-likeness (QED) is 0.580. The van der Waals surface area contributed by atoms with Gasteiger partial charge in [-0.15, -0.1) is 0 Å². The second-order valence-electron chi connectivity index (χ2n) is 6.83. The summed E-state index contributed by atoms with van der Waals surface area (Å²) in [5, 5.41) is 9.12. The number of benzene rings is 3. The first kappa shape index (κ1) is 20.8. The zero-order valence-corrected chi connectivity index (χ0v) is 16.7. The first-order valence-electron chi connectivity index (χ1n) is 9.17. The fourth-order valence-corrected chi connectivity index (χ4v) is 4.85. The first-order valence-corrected chi connectivity index (χ1v) is 10.6. The van der Waals surface area contributed by atoms with E-state index in [0.29, 0.717) is 28.5 Å². The molecule has 0 aliphatic carbocycles. The van der Waals surface area contributed by atoms with Gasteiger partial charge in [0.2, 0.25) is 0 Å². The lowest BCUT2D eigenvalue weighted by atomic mass is 10.0. The summed E-state index contributed by atoms with van der Waals surface area (Å²) in [4.78, 5) is -0.452. The Kier molecular flexibility index (Phi) is 5.11. The molecule has 0 saturated heterocycles. The van der Waals surface area contributed by atoms with Crippen LogP contribution in [0.25, 0.3) is 11.1 Å². The summed E-state index contributed by atoms with van der Waals surface area (Å²) in [6, 6.07) is 17.4. The van der Waals surface area contributed by atoms with Gasteiger partial charge in [0.05, 0.1) is 34.3 Å². The molecule has 4 rings (SSSR count). The zero-order chi connectivity index (χ0) is 22.2. The fraction of sp³-hybridized carbons (Fsp3) is 0.136. The largest absolute Gasteiger partial charge is 0.489 e. The Bertz CT molecular complexity index is 1300. The molecule has 1 aliphatic rings. The van der Waals surface area contributed by atoms with Crippen molar-refractivity contribution < 1.29 is 26.3 Å². The van der Waals surface area contributed by atoms with Crippen molar-refractivity contribution in [2.45, 2.75) is 11.1 Å². The number of alkyl halides is 3. The lowest BCUT2D eigenvalue weighted by molar-refractivity contribution is -0.137. The molecule has 0 bridgehead atoms. The van der Waals surface area contributed by atoms with Crippen molar-refractivity contribution in [1.82, 2.24) is 0 Å². The molecule has 0 radical (unpaired) electrons. The molecule has 3 aromatic rings. The van der Waals surface area contributed by atoms with Crippen LogP contribution in [0, 0.1) is 11.3 Å². The van der Waals surface area contributed by atoms with Gasteiger partial charge in [-0.1, -0.05) is 24.3 Å². The van der Waals surface area contributed by atoms with E-state index in [1.807, 2.05) is 6.07 Å². The molecule has 0 aromatic heterocycles. The van der Waals surface area contributed by atoms with Gasteiger partial charge in [0.25, 0.3) is 10.0 Å². The third-order valence-corrected chi connectivity index (χ3v) is 6.66. The molecule has 0 atom stereocenters. The highest BCUT2D eigenvalue weighted by Gasteiger charge is 2.34. The molecule has 0 unspecified atom stereocenters. The maximum Gasteiger partial charge on any atom is 0.416 e. The molecular formula is C22H15F3N2O3S. The average Bonchev–Trinajstić information content (AvgIpc) is 2.77. The van der Waals surface area contributed by atoms with Crippen molar-refractivity contribution in [3.8, 4) is 22.9 Å². The summed E-state index contributed by atoms with van der Waals surface area (Å²) in [5.41, 5.74) is 0.974. The van der Waals surface area contributed by atoms with E-state index in [1.54, 1.807) is 42.5 Å². The third kappa shape index (κ3) is 3.94. The third-order valence-electron chi connectivity index (χ3n) is 4.85. The average molecular weight is 444 g/mol. The molecule has 31 heavy (non-hydrogen) atoms. The Hall–Kier alpha value is -3.51. The number of sulfonamides is 1. The summed E-state index contributed by atoms with van der Waals surface area (Å²) >= 11 is 0. The number of hydrogen-bond donors (Lipinski definition) is 0.